The van der Waals surface area contributed by atoms with E-state index in [1.807, 2.05) is 31.2 Å². The van der Waals surface area contributed by atoms with Crippen LogP contribution in [0.4, 0.5) is 4.39 Å². The molecule has 0 atom stereocenters. The number of carbonyl (C=O) groups is 1. The number of ether oxygens (including phenoxy) is 1. The highest BCUT2D eigenvalue weighted by molar-refractivity contribution is 6.31. The molecule has 0 heterocycles. The van der Waals surface area contributed by atoms with Crippen LogP contribution < -0.4 is 4.74 Å². The molecule has 1 amide bonds. The van der Waals surface area contributed by atoms with E-state index in [1.54, 1.807) is 23.1 Å². The first-order valence-electron chi connectivity index (χ1n) is 8.00. The fourth-order valence-corrected chi connectivity index (χ4v) is 2.53. The number of hydrogen-bond acceptors (Lipinski definition) is 2. The van der Waals surface area contributed by atoms with Gasteiger partial charge < -0.3 is 9.64 Å². The fraction of sp³-hybridized carbons (Fsp3) is 0.316. The van der Waals surface area contributed by atoms with Crippen LogP contribution in [-0.2, 0) is 11.3 Å². The predicted octanol–water partition coefficient (Wildman–Crippen LogP) is 4.69. The summed E-state index contributed by atoms with van der Waals surface area (Å²) in [6.45, 7) is 3.34. The summed E-state index contributed by atoms with van der Waals surface area (Å²) in [5, 5.41) is 0.659. The van der Waals surface area contributed by atoms with Gasteiger partial charge in [-0.15, -0.1) is 0 Å². The van der Waals surface area contributed by atoms with Crippen LogP contribution in [0.2, 0.25) is 5.02 Å². The summed E-state index contributed by atoms with van der Waals surface area (Å²) in [6.07, 6.45) is 0.888. The molecule has 5 heteroatoms. The second kappa shape index (κ2) is 9.28. The smallest absolute Gasteiger partial charge is 0.222 e. The molecule has 0 saturated carbocycles. The number of rotatable bonds is 8. The lowest BCUT2D eigenvalue weighted by Gasteiger charge is -2.21. The average molecular weight is 350 g/mol. The third-order valence-electron chi connectivity index (χ3n) is 3.68. The Morgan fingerprint density at radius 3 is 2.58 bits per heavy atom. The van der Waals surface area contributed by atoms with Crippen molar-refractivity contribution < 1.29 is 13.9 Å². The van der Waals surface area contributed by atoms with Gasteiger partial charge in [-0.3, -0.25) is 4.79 Å². The quantitative estimate of drug-likeness (QED) is 0.647. The lowest BCUT2D eigenvalue weighted by Crippen LogP contribution is -2.30. The minimum Gasteiger partial charge on any atom is -0.491 e. The molecule has 128 valence electrons. The number of amides is 1. The third kappa shape index (κ3) is 5.24. The van der Waals surface area contributed by atoms with Crippen LogP contribution in [0.15, 0.2) is 48.5 Å². The Morgan fingerprint density at radius 1 is 1.17 bits per heavy atom. The summed E-state index contributed by atoms with van der Waals surface area (Å²) in [5.41, 5.74) is 0.928. The van der Waals surface area contributed by atoms with Crippen molar-refractivity contribution in [2.45, 2.75) is 26.3 Å². The number of hydrogen-bond donors (Lipinski definition) is 0. The average Bonchev–Trinajstić information content (AvgIpc) is 2.59. The summed E-state index contributed by atoms with van der Waals surface area (Å²) in [6, 6.07) is 13.8. The van der Waals surface area contributed by atoms with Crippen molar-refractivity contribution in [1.29, 1.82) is 0 Å². The first-order valence-corrected chi connectivity index (χ1v) is 8.38. The van der Waals surface area contributed by atoms with Crippen LogP contribution in [-0.4, -0.2) is 24.0 Å². The van der Waals surface area contributed by atoms with E-state index < -0.39 is 5.82 Å². The van der Waals surface area contributed by atoms with Crippen molar-refractivity contribution >= 4 is 17.5 Å². The molecular formula is C19H21ClFNO2. The highest BCUT2D eigenvalue weighted by atomic mass is 35.5. The monoisotopic (exact) mass is 349 g/mol. The molecule has 0 saturated heterocycles. The molecule has 0 bridgehead atoms. The van der Waals surface area contributed by atoms with Crippen molar-refractivity contribution in [3.05, 3.63) is 64.9 Å². The summed E-state index contributed by atoms with van der Waals surface area (Å²) in [5.74, 6) is -0.138. The van der Waals surface area contributed by atoms with Crippen LogP contribution in [0.1, 0.15) is 25.3 Å². The van der Waals surface area contributed by atoms with E-state index in [0.29, 0.717) is 37.6 Å². The van der Waals surface area contributed by atoms with Gasteiger partial charge in [0, 0.05) is 24.5 Å². The Labute approximate surface area is 147 Å². The van der Waals surface area contributed by atoms with Gasteiger partial charge >= 0.3 is 0 Å². The normalized spacial score (nSPS) is 10.5. The second-order valence-electron chi connectivity index (χ2n) is 5.38. The molecule has 2 aromatic carbocycles. The van der Waals surface area contributed by atoms with Crippen molar-refractivity contribution in [3.8, 4) is 5.75 Å². The van der Waals surface area contributed by atoms with E-state index in [0.717, 1.165) is 5.56 Å². The van der Waals surface area contributed by atoms with Crippen molar-refractivity contribution in [2.75, 3.05) is 13.2 Å². The van der Waals surface area contributed by atoms with E-state index in [9.17, 15) is 9.18 Å². The maximum atomic E-state index is 13.4. The molecule has 0 aliphatic rings. The summed E-state index contributed by atoms with van der Waals surface area (Å²) in [4.78, 5) is 14.1. The van der Waals surface area contributed by atoms with Gasteiger partial charge in [0.15, 0.2) is 11.6 Å². The van der Waals surface area contributed by atoms with E-state index in [4.69, 9.17) is 16.3 Å². The molecular weight excluding hydrogens is 329 g/mol. The highest BCUT2D eigenvalue weighted by Gasteiger charge is 2.13. The molecule has 0 unspecified atom stereocenters. The van der Waals surface area contributed by atoms with Gasteiger partial charge in [0.05, 0.1) is 6.61 Å². The largest absolute Gasteiger partial charge is 0.491 e. The van der Waals surface area contributed by atoms with Crippen molar-refractivity contribution in [2.24, 2.45) is 0 Å². The maximum Gasteiger partial charge on any atom is 0.222 e. The third-order valence-corrected chi connectivity index (χ3v) is 4.05. The van der Waals surface area contributed by atoms with Crippen molar-refractivity contribution in [3.63, 3.8) is 0 Å². The Balaban J connectivity index is 1.80. The van der Waals surface area contributed by atoms with E-state index in [-0.39, 0.29) is 11.7 Å². The Morgan fingerprint density at radius 2 is 1.88 bits per heavy atom. The fourth-order valence-electron chi connectivity index (χ4n) is 2.33. The van der Waals surface area contributed by atoms with Crippen LogP contribution >= 0.6 is 11.6 Å². The highest BCUT2D eigenvalue weighted by Crippen LogP contribution is 2.18. The first kappa shape index (κ1) is 18.3. The second-order valence-corrected chi connectivity index (χ2v) is 5.79. The van der Waals surface area contributed by atoms with E-state index in [1.165, 1.54) is 6.07 Å². The molecule has 3 nitrogen and oxygen atoms in total. The SMILES string of the molecule is CCN(Cc1ccccc1Cl)C(=O)CCCOc1ccccc1F. The molecule has 0 aliphatic heterocycles. The molecule has 0 aliphatic carbocycles. The van der Waals surface area contributed by atoms with E-state index >= 15 is 0 Å². The number of benzene rings is 2. The van der Waals surface area contributed by atoms with Gasteiger partial charge in [0.2, 0.25) is 5.91 Å². The van der Waals surface area contributed by atoms with Gasteiger partial charge in [-0.05, 0) is 37.1 Å². The zero-order chi connectivity index (χ0) is 17.4. The minimum atomic E-state index is -0.391. The van der Waals surface area contributed by atoms with Gasteiger partial charge in [-0.2, -0.15) is 0 Å². The molecule has 0 radical (unpaired) electrons. The number of halogens is 2. The van der Waals surface area contributed by atoms with Crippen LogP contribution in [0.25, 0.3) is 0 Å². The summed E-state index contributed by atoms with van der Waals surface area (Å²) >= 11 is 6.15. The zero-order valence-electron chi connectivity index (χ0n) is 13.7. The van der Waals surface area contributed by atoms with Crippen LogP contribution in [0.3, 0.4) is 0 Å². The van der Waals surface area contributed by atoms with Gasteiger partial charge in [-0.25, -0.2) is 4.39 Å². The van der Waals surface area contributed by atoms with Crippen LogP contribution in [0, 0.1) is 5.82 Å². The maximum absolute atomic E-state index is 13.4. The van der Waals surface area contributed by atoms with Gasteiger partial charge in [0.1, 0.15) is 0 Å². The number of carbonyl (C=O) groups excluding carboxylic acids is 1. The van der Waals surface area contributed by atoms with Gasteiger partial charge in [-0.1, -0.05) is 41.9 Å². The molecule has 2 rings (SSSR count). The Bertz CT molecular complexity index is 678. The van der Waals surface area contributed by atoms with Crippen molar-refractivity contribution in [1.82, 2.24) is 4.90 Å². The molecule has 24 heavy (non-hydrogen) atoms. The lowest BCUT2D eigenvalue weighted by molar-refractivity contribution is -0.131. The molecule has 0 N–H and O–H groups in total. The molecule has 2 aromatic rings. The number of para-hydroxylation sites is 1. The summed E-state index contributed by atoms with van der Waals surface area (Å²) < 4.78 is 18.8. The Kier molecular flexibility index (Phi) is 7.07. The summed E-state index contributed by atoms with van der Waals surface area (Å²) in [7, 11) is 0. The first-order chi connectivity index (χ1) is 11.6. The molecule has 0 aromatic heterocycles. The Hall–Kier alpha value is -2.07. The molecule has 0 spiro atoms. The predicted molar refractivity (Wildman–Crippen MR) is 93.7 cm³/mol. The van der Waals surface area contributed by atoms with Crippen LogP contribution in [0.5, 0.6) is 5.75 Å². The molecule has 0 fully saturated rings. The standard InChI is InChI=1S/C19H21ClFNO2/c1-2-22(14-15-8-3-4-9-16(15)20)19(23)12-7-13-24-18-11-6-5-10-17(18)21/h3-6,8-11H,2,7,12-14H2,1H3. The minimum absolute atomic E-state index is 0.0366. The zero-order valence-corrected chi connectivity index (χ0v) is 14.4. The number of nitrogens with zero attached hydrogens (tertiary/aromatic N) is 1. The lowest BCUT2D eigenvalue weighted by atomic mass is 10.2. The van der Waals surface area contributed by atoms with E-state index in [2.05, 4.69) is 0 Å². The topological polar surface area (TPSA) is 29.5 Å². The van der Waals surface area contributed by atoms with Gasteiger partial charge in [0.25, 0.3) is 0 Å².